The van der Waals surface area contributed by atoms with Gasteiger partial charge in [0.05, 0.1) is 0 Å². The van der Waals surface area contributed by atoms with E-state index in [2.05, 4.69) is 0 Å². The summed E-state index contributed by atoms with van der Waals surface area (Å²) in [6.07, 6.45) is 10.3. The van der Waals surface area contributed by atoms with Crippen LogP contribution in [0.4, 0.5) is 17.6 Å². The zero-order valence-electron chi connectivity index (χ0n) is 22.0. The molecular formula is C29H40F4O4. The topological polar surface area (TPSA) is 52.6 Å². The largest absolute Gasteiger partial charge is 0.454 e. The number of hydrogen-bond acceptors (Lipinski definition) is 4. The van der Waals surface area contributed by atoms with Crippen LogP contribution in [0.15, 0.2) is 0 Å². The van der Waals surface area contributed by atoms with E-state index in [1.165, 1.54) is 0 Å². The van der Waals surface area contributed by atoms with Crippen molar-refractivity contribution in [2.45, 2.75) is 120 Å². The van der Waals surface area contributed by atoms with Crippen LogP contribution >= 0.6 is 0 Å². The number of hydrogen-bond donors (Lipinski definition) is 0. The minimum Gasteiger partial charge on any atom is -0.454 e. The Balaban J connectivity index is 1.20. The average molecular weight is 529 g/mol. The number of carbonyl (C=O) groups excluding carboxylic acids is 2. The second-order valence-corrected chi connectivity index (χ2v) is 13.8. The molecule has 0 radical (unpaired) electrons. The van der Waals surface area contributed by atoms with Crippen LogP contribution < -0.4 is 0 Å². The molecular weight excluding hydrogens is 488 g/mol. The monoisotopic (exact) mass is 528 g/mol. The number of unbranched alkanes of at least 4 members (excludes halogenated alkanes) is 1. The van der Waals surface area contributed by atoms with Gasteiger partial charge in [-0.1, -0.05) is 13.3 Å². The fraction of sp³-hybridized carbons (Fsp3) is 0.931. The first kappa shape index (κ1) is 25.9. The van der Waals surface area contributed by atoms with E-state index in [1.807, 2.05) is 6.92 Å². The van der Waals surface area contributed by atoms with Gasteiger partial charge in [0.15, 0.2) is 0 Å². The van der Waals surface area contributed by atoms with Gasteiger partial charge in [0, 0.05) is 0 Å². The van der Waals surface area contributed by atoms with Crippen molar-refractivity contribution in [3.8, 4) is 0 Å². The quantitative estimate of drug-likeness (QED) is 0.253. The lowest BCUT2D eigenvalue weighted by Gasteiger charge is -2.60. The lowest BCUT2D eigenvalue weighted by molar-refractivity contribution is -0.272. The maximum atomic E-state index is 15.3. The summed E-state index contributed by atoms with van der Waals surface area (Å²) in [6.45, 7) is 3.59. The third-order valence-electron chi connectivity index (χ3n) is 11.7. The number of rotatable bonds is 8. The van der Waals surface area contributed by atoms with Crippen molar-refractivity contribution in [2.75, 3.05) is 0 Å². The third kappa shape index (κ3) is 3.80. The molecule has 0 aromatic heterocycles. The van der Waals surface area contributed by atoms with Gasteiger partial charge in [-0.15, -0.1) is 0 Å². The highest BCUT2D eigenvalue weighted by Crippen LogP contribution is 2.62. The second-order valence-electron chi connectivity index (χ2n) is 13.8. The molecule has 0 aromatic rings. The second kappa shape index (κ2) is 8.58. The Morgan fingerprint density at radius 3 is 1.46 bits per heavy atom. The molecule has 0 spiro atoms. The van der Waals surface area contributed by atoms with Crippen LogP contribution in [0.2, 0.25) is 0 Å². The highest BCUT2D eigenvalue weighted by molar-refractivity contribution is 5.90. The van der Waals surface area contributed by atoms with Gasteiger partial charge in [0.2, 0.25) is 0 Å². The number of esters is 2. The zero-order valence-corrected chi connectivity index (χ0v) is 22.0. The van der Waals surface area contributed by atoms with E-state index in [4.69, 9.17) is 9.47 Å². The summed E-state index contributed by atoms with van der Waals surface area (Å²) in [4.78, 5) is 25.7. The molecule has 8 aliphatic carbocycles. The van der Waals surface area contributed by atoms with E-state index in [9.17, 15) is 9.59 Å². The summed E-state index contributed by atoms with van der Waals surface area (Å²) in [5.41, 5.74) is -2.34. The molecule has 8 aliphatic rings. The van der Waals surface area contributed by atoms with E-state index in [0.29, 0.717) is 36.5 Å². The van der Waals surface area contributed by atoms with Crippen molar-refractivity contribution in [2.24, 2.45) is 47.3 Å². The number of carbonyl (C=O) groups is 2. The van der Waals surface area contributed by atoms with Crippen LogP contribution in [0.1, 0.15) is 97.3 Å². The van der Waals surface area contributed by atoms with Crippen molar-refractivity contribution in [1.29, 1.82) is 0 Å². The Morgan fingerprint density at radius 1 is 0.676 bits per heavy atom. The van der Waals surface area contributed by atoms with E-state index in [1.54, 1.807) is 6.92 Å². The molecule has 0 amide bonds. The first-order valence-corrected chi connectivity index (χ1v) is 14.6. The summed E-state index contributed by atoms with van der Waals surface area (Å²) >= 11 is 0. The van der Waals surface area contributed by atoms with Crippen LogP contribution in [0.25, 0.3) is 0 Å². The highest BCUT2D eigenvalue weighted by atomic mass is 19.3. The average Bonchev–Trinajstić information content (AvgIpc) is 2.83. The maximum absolute atomic E-state index is 15.3. The number of alkyl halides is 4. The molecule has 208 valence electrons. The fourth-order valence-corrected chi connectivity index (χ4v) is 10.1. The van der Waals surface area contributed by atoms with Crippen molar-refractivity contribution in [3.05, 3.63) is 0 Å². The molecule has 8 rings (SSSR count). The van der Waals surface area contributed by atoms with E-state index >= 15 is 17.6 Å². The lowest BCUT2D eigenvalue weighted by Crippen LogP contribution is -2.64. The van der Waals surface area contributed by atoms with Gasteiger partial charge in [-0.05, 0) is 131 Å². The van der Waals surface area contributed by atoms with Gasteiger partial charge in [-0.3, -0.25) is 0 Å². The van der Waals surface area contributed by atoms with Gasteiger partial charge >= 0.3 is 23.8 Å². The molecule has 0 N–H and O–H groups in total. The van der Waals surface area contributed by atoms with Crippen LogP contribution in [-0.4, -0.2) is 35.0 Å². The van der Waals surface area contributed by atoms with Gasteiger partial charge in [0.1, 0.15) is 11.2 Å². The first-order chi connectivity index (χ1) is 17.4. The summed E-state index contributed by atoms with van der Waals surface area (Å²) in [6, 6.07) is 0. The van der Waals surface area contributed by atoms with E-state index < -0.39 is 35.0 Å². The fourth-order valence-electron chi connectivity index (χ4n) is 10.1. The van der Waals surface area contributed by atoms with E-state index in [-0.39, 0.29) is 23.7 Å². The van der Waals surface area contributed by atoms with Crippen molar-refractivity contribution in [1.82, 2.24) is 0 Å². The predicted molar refractivity (Wildman–Crippen MR) is 127 cm³/mol. The molecule has 0 unspecified atom stereocenters. The summed E-state index contributed by atoms with van der Waals surface area (Å²) in [5, 5.41) is 0. The predicted octanol–water partition coefficient (Wildman–Crippen LogP) is 6.94. The molecule has 8 bridgehead atoms. The summed E-state index contributed by atoms with van der Waals surface area (Å²) in [5.74, 6) is -13.5. The normalized spacial score (nSPS) is 45.8. The summed E-state index contributed by atoms with van der Waals surface area (Å²) < 4.78 is 71.8. The Bertz CT molecular complexity index is 890. The molecule has 0 atom stereocenters. The first-order valence-electron chi connectivity index (χ1n) is 14.6. The number of halogens is 4. The van der Waals surface area contributed by atoms with Gasteiger partial charge in [0.25, 0.3) is 0 Å². The third-order valence-corrected chi connectivity index (χ3v) is 11.7. The molecule has 8 saturated carbocycles. The van der Waals surface area contributed by atoms with Crippen molar-refractivity contribution in [3.63, 3.8) is 0 Å². The Labute approximate surface area is 216 Å². The molecule has 37 heavy (non-hydrogen) atoms. The molecule has 0 heterocycles. The van der Waals surface area contributed by atoms with Crippen LogP contribution in [0.3, 0.4) is 0 Å². The van der Waals surface area contributed by atoms with Gasteiger partial charge in [-0.25, -0.2) is 9.59 Å². The molecule has 8 heteroatoms. The molecule has 0 aliphatic heterocycles. The Hall–Kier alpha value is -1.34. The molecule has 4 nitrogen and oxygen atoms in total. The molecule has 8 fully saturated rings. The van der Waals surface area contributed by atoms with Crippen LogP contribution in [-0.2, 0) is 19.1 Å². The van der Waals surface area contributed by atoms with E-state index in [0.717, 1.165) is 70.6 Å². The van der Waals surface area contributed by atoms with Crippen LogP contribution in [0, 0.1) is 47.3 Å². The zero-order chi connectivity index (χ0) is 26.4. The molecule has 0 aromatic carbocycles. The van der Waals surface area contributed by atoms with Crippen molar-refractivity contribution < 1.29 is 36.6 Å². The minimum atomic E-state index is -5.29. The minimum absolute atomic E-state index is 0.0809. The lowest BCUT2D eigenvalue weighted by atomic mass is 9.49. The Morgan fingerprint density at radius 2 is 1.05 bits per heavy atom. The van der Waals surface area contributed by atoms with Gasteiger partial charge < -0.3 is 9.47 Å². The van der Waals surface area contributed by atoms with Gasteiger partial charge in [-0.2, -0.15) is 17.6 Å². The SMILES string of the molecule is CCCCC1(OC(=O)C(F)(F)C(F)(F)C(=O)OC2(C)C3CC4CC(C3)CC2C4)C2CC3CC(C2)CC1C3. The van der Waals surface area contributed by atoms with Crippen molar-refractivity contribution >= 4 is 11.9 Å². The molecule has 0 saturated heterocycles. The van der Waals surface area contributed by atoms with Crippen LogP contribution in [0.5, 0.6) is 0 Å². The summed E-state index contributed by atoms with van der Waals surface area (Å²) in [7, 11) is 0. The maximum Gasteiger partial charge on any atom is 0.415 e. The highest BCUT2D eigenvalue weighted by Gasteiger charge is 2.72. The Kier molecular flexibility index (Phi) is 6.01. The number of ether oxygens (including phenoxy) is 2. The standard InChI is InChI=1S/C29H40F4O4/c1-3-4-5-27(22-12-18-7-19(14-22)15-23(27)13-18)37-25(35)29(32,33)28(30,31)24(34)36-26(2)20-8-16-6-17(10-20)11-21(26)9-16/h16-23H,3-15H2,1-2H3. The smallest absolute Gasteiger partial charge is 0.415 e.